The monoisotopic (exact) mass is 558 g/mol. The first-order valence-electron chi connectivity index (χ1n) is 12.2. The molecule has 1 amide bonds. The summed E-state index contributed by atoms with van der Waals surface area (Å²) in [5.74, 6) is 0.762. The summed E-state index contributed by atoms with van der Waals surface area (Å²) in [5, 5.41) is 13.1. The van der Waals surface area contributed by atoms with Gasteiger partial charge < -0.3 is 27.4 Å². The van der Waals surface area contributed by atoms with Crippen molar-refractivity contribution in [2.45, 2.75) is 38.6 Å². The van der Waals surface area contributed by atoms with Gasteiger partial charge in [-0.05, 0) is 68.3 Å². The van der Waals surface area contributed by atoms with Crippen LogP contribution in [0.15, 0.2) is 68.5 Å². The molecule has 13 heteroatoms. The fraction of sp³-hybridized carbons (Fsp3) is 0.320. The summed E-state index contributed by atoms with van der Waals surface area (Å²) in [6, 6.07) is 13.7. The molecule has 11 nitrogen and oxygen atoms in total. The van der Waals surface area contributed by atoms with Crippen LogP contribution in [0, 0.1) is 0 Å². The molecule has 2 aromatic rings. The fourth-order valence-electron chi connectivity index (χ4n) is 3.28. The molecular weight excluding hydrogens is 527 g/mol. The van der Waals surface area contributed by atoms with Gasteiger partial charge in [0.25, 0.3) is 0 Å². The van der Waals surface area contributed by atoms with Crippen molar-refractivity contribution < 1.29 is 4.79 Å². The lowest BCUT2D eigenvalue weighted by Crippen LogP contribution is -2.43. The number of hydrogen-bond acceptors (Lipinski definition) is 4. The first kappa shape index (κ1) is 28.7. The second-order valence-electron chi connectivity index (χ2n) is 8.44. The van der Waals surface area contributed by atoms with Crippen LogP contribution in [0.5, 0.6) is 0 Å². The van der Waals surface area contributed by atoms with Crippen molar-refractivity contribution in [3.63, 3.8) is 0 Å². The summed E-state index contributed by atoms with van der Waals surface area (Å²) in [7, 11) is 0. The van der Waals surface area contributed by atoms with E-state index in [0.717, 1.165) is 37.1 Å². The highest BCUT2D eigenvalue weighted by Gasteiger charge is 2.20. The molecule has 0 radical (unpaired) electrons. The number of aliphatic imine (C=N–C) groups is 4. The van der Waals surface area contributed by atoms with E-state index >= 15 is 0 Å². The molecule has 0 aromatic heterocycles. The number of nitrogens with zero attached hydrogens (tertiary/aromatic N) is 4. The Balaban J connectivity index is 1.39. The number of amides is 1. The van der Waals surface area contributed by atoms with Crippen molar-refractivity contribution in [3.8, 4) is 0 Å². The minimum atomic E-state index is -0.469. The lowest BCUT2D eigenvalue weighted by Gasteiger charge is -2.10. The number of anilines is 2. The molecule has 0 spiro atoms. The standard InChI is InChI=1S/C25H32Cl2N10O/c1-16-21(38)35-25(34-20-12-8-18(27)9-13-20)37-24(32-16)31-15-5-3-2-4-14-30-22(28)36-23(29)33-19-10-6-17(26)7-11-19/h6-13,16H,2-5,14-15H2,1H3,(H5,28,29,30,33,36)(H3,31,32,34,35,37,38). The van der Waals surface area contributed by atoms with Crippen molar-refractivity contribution in [2.24, 2.45) is 31.4 Å². The quantitative estimate of drug-likeness (QED) is 0.156. The van der Waals surface area contributed by atoms with Crippen LogP contribution in [0.2, 0.25) is 10.0 Å². The summed E-state index contributed by atoms with van der Waals surface area (Å²) in [5.41, 5.74) is 13.2. The average Bonchev–Trinajstić information content (AvgIpc) is 3.00. The Hall–Kier alpha value is -3.83. The van der Waals surface area contributed by atoms with E-state index in [1.165, 1.54) is 0 Å². The second kappa shape index (κ2) is 14.8. The van der Waals surface area contributed by atoms with Gasteiger partial charge in [-0.3, -0.25) is 20.1 Å². The van der Waals surface area contributed by atoms with Crippen molar-refractivity contribution in [1.29, 1.82) is 0 Å². The summed E-state index contributed by atoms with van der Waals surface area (Å²) in [4.78, 5) is 29.5. The van der Waals surface area contributed by atoms with Crippen molar-refractivity contribution in [3.05, 3.63) is 58.6 Å². The van der Waals surface area contributed by atoms with Crippen LogP contribution in [0.25, 0.3) is 0 Å². The van der Waals surface area contributed by atoms with E-state index in [4.69, 9.17) is 34.7 Å². The number of guanidine groups is 4. The molecule has 1 heterocycles. The summed E-state index contributed by atoms with van der Waals surface area (Å²) < 4.78 is 0. The molecular formula is C25H32Cl2N10O. The number of hydrogen-bond donors (Lipinski definition) is 6. The maximum atomic E-state index is 12.3. The second-order valence-corrected chi connectivity index (χ2v) is 9.31. The molecule has 0 bridgehead atoms. The van der Waals surface area contributed by atoms with E-state index < -0.39 is 6.04 Å². The van der Waals surface area contributed by atoms with E-state index in [1.54, 1.807) is 55.5 Å². The van der Waals surface area contributed by atoms with E-state index in [1.807, 2.05) is 0 Å². The van der Waals surface area contributed by atoms with Gasteiger partial charge in [-0.2, -0.15) is 9.98 Å². The van der Waals surface area contributed by atoms with Gasteiger partial charge in [-0.15, -0.1) is 0 Å². The van der Waals surface area contributed by atoms with Gasteiger partial charge in [-0.25, -0.2) is 0 Å². The zero-order valence-corrected chi connectivity index (χ0v) is 22.6. The van der Waals surface area contributed by atoms with Crippen molar-refractivity contribution in [1.82, 2.24) is 10.6 Å². The predicted octanol–water partition coefficient (Wildman–Crippen LogP) is 3.53. The number of nitrogens with two attached hydrogens (primary N) is 2. The minimum Gasteiger partial charge on any atom is -0.369 e. The van der Waals surface area contributed by atoms with E-state index in [-0.39, 0.29) is 17.8 Å². The molecule has 1 aliphatic rings. The van der Waals surface area contributed by atoms with Gasteiger partial charge in [0.1, 0.15) is 6.04 Å². The number of carbonyl (C=O) groups is 1. The van der Waals surface area contributed by atoms with E-state index in [9.17, 15) is 4.79 Å². The molecule has 1 unspecified atom stereocenters. The maximum Gasteiger partial charge on any atom is 0.248 e. The Labute approximate surface area is 231 Å². The van der Waals surface area contributed by atoms with E-state index in [2.05, 4.69) is 41.2 Å². The summed E-state index contributed by atoms with van der Waals surface area (Å²) >= 11 is 11.8. The Bertz CT molecular complexity index is 1190. The van der Waals surface area contributed by atoms with Gasteiger partial charge in [0.05, 0.1) is 0 Å². The van der Waals surface area contributed by atoms with Gasteiger partial charge in [0, 0.05) is 34.5 Å². The van der Waals surface area contributed by atoms with Gasteiger partial charge >= 0.3 is 0 Å². The van der Waals surface area contributed by atoms with Crippen LogP contribution >= 0.6 is 23.2 Å². The number of unbranched alkanes of at least 4 members (excludes halogenated alkanes) is 3. The van der Waals surface area contributed by atoms with Crippen molar-refractivity contribution in [2.75, 3.05) is 23.7 Å². The zero-order chi connectivity index (χ0) is 27.3. The van der Waals surface area contributed by atoms with Gasteiger partial charge in [0.15, 0.2) is 0 Å². The van der Waals surface area contributed by atoms with Crippen LogP contribution < -0.4 is 32.7 Å². The Morgan fingerprint density at radius 3 is 2.21 bits per heavy atom. The fourth-order valence-corrected chi connectivity index (χ4v) is 3.54. The Morgan fingerprint density at radius 2 is 1.55 bits per heavy atom. The maximum absolute atomic E-state index is 12.3. The highest BCUT2D eigenvalue weighted by molar-refractivity contribution is 6.31. The molecule has 1 aliphatic heterocycles. The molecule has 2 aromatic carbocycles. The molecule has 3 rings (SSSR count). The lowest BCUT2D eigenvalue weighted by molar-refractivity contribution is -0.120. The number of carbonyl (C=O) groups excluding carboxylic acids is 1. The molecule has 8 N–H and O–H groups in total. The van der Waals surface area contributed by atoms with Gasteiger partial charge in [-0.1, -0.05) is 36.0 Å². The normalized spacial score (nSPS) is 17.3. The average molecular weight is 560 g/mol. The molecule has 38 heavy (non-hydrogen) atoms. The van der Waals surface area contributed by atoms with Crippen LogP contribution in [-0.4, -0.2) is 48.9 Å². The summed E-state index contributed by atoms with van der Waals surface area (Å²) in [6.07, 6.45) is 3.65. The third kappa shape index (κ3) is 10.3. The smallest absolute Gasteiger partial charge is 0.248 e. The van der Waals surface area contributed by atoms with Crippen molar-refractivity contribution >= 4 is 64.3 Å². The van der Waals surface area contributed by atoms with Crippen LogP contribution in [0.4, 0.5) is 11.4 Å². The van der Waals surface area contributed by atoms with Crippen LogP contribution in [0.1, 0.15) is 32.6 Å². The molecule has 0 fully saturated rings. The van der Waals surface area contributed by atoms with E-state index in [0.29, 0.717) is 35.1 Å². The first-order chi connectivity index (χ1) is 18.3. The number of nitrogens with one attached hydrogen (secondary N) is 4. The number of halogens is 2. The SMILES string of the molecule is CC1NC(=NCCCCCCN=C(N)/N=C(\N)Nc2ccc(Cl)cc2)N=C(Nc2ccc(Cl)cc2)NC1=O. The first-order valence-corrected chi connectivity index (χ1v) is 12.9. The summed E-state index contributed by atoms with van der Waals surface area (Å²) in [6.45, 7) is 2.88. The topological polar surface area (TPSA) is 167 Å². The molecule has 1 atom stereocenters. The highest BCUT2D eigenvalue weighted by atomic mass is 35.5. The van der Waals surface area contributed by atoms with Crippen LogP contribution in [-0.2, 0) is 4.79 Å². The number of rotatable bonds is 9. The largest absolute Gasteiger partial charge is 0.369 e. The van der Waals surface area contributed by atoms with Gasteiger partial charge in [0.2, 0.25) is 29.7 Å². The molecule has 202 valence electrons. The Kier molecular flexibility index (Phi) is 11.2. The third-order valence-electron chi connectivity index (χ3n) is 5.26. The molecule has 0 saturated carbocycles. The molecule has 0 aliphatic carbocycles. The lowest BCUT2D eigenvalue weighted by atomic mass is 10.2. The zero-order valence-electron chi connectivity index (χ0n) is 21.0. The van der Waals surface area contributed by atoms with Crippen LogP contribution in [0.3, 0.4) is 0 Å². The predicted molar refractivity (Wildman–Crippen MR) is 157 cm³/mol. The Morgan fingerprint density at radius 1 is 0.947 bits per heavy atom. The number of benzene rings is 2. The minimum absolute atomic E-state index is 0.118. The molecule has 0 saturated heterocycles. The third-order valence-corrected chi connectivity index (χ3v) is 5.76. The highest BCUT2D eigenvalue weighted by Crippen LogP contribution is 2.14.